The predicted molar refractivity (Wildman–Crippen MR) is 150 cm³/mol. The smallest absolute Gasteiger partial charge is 0.292 e. The third-order valence-electron chi connectivity index (χ3n) is 6.07. The lowest BCUT2D eigenvalue weighted by Gasteiger charge is -2.26. The molecule has 13 heteroatoms. The van der Waals surface area contributed by atoms with Crippen LogP contribution in [0.5, 0.6) is 5.75 Å². The van der Waals surface area contributed by atoms with E-state index in [2.05, 4.69) is 48.0 Å². The van der Waals surface area contributed by atoms with Gasteiger partial charge in [-0.1, -0.05) is 29.7 Å². The minimum Gasteiger partial charge on any atom is -0.494 e. The Bertz CT molecular complexity index is 1200. The van der Waals surface area contributed by atoms with Crippen LogP contribution in [0.15, 0.2) is 52.6 Å². The molecule has 0 amide bonds. The standard InChI is InChI=1S/C26H34N10O3/c27-20-32-26(30-12-5-11-29-24-10-9-22(33-34-28)18-25(24)36(37)38)31-13-6-16-39-23-8-4-7-21(17-23)19-35-14-2-1-3-15-35/h4,7-10,17-18,29H,1-3,5-6,11-16,19H2,(H2,30,31,32). The second kappa shape index (κ2) is 16.3. The minimum atomic E-state index is -0.533. The summed E-state index contributed by atoms with van der Waals surface area (Å²) >= 11 is 0. The lowest BCUT2D eigenvalue weighted by molar-refractivity contribution is -0.383. The molecule has 206 valence electrons. The molecule has 0 saturated carbocycles. The normalized spacial score (nSPS) is 13.6. The molecule has 13 nitrogen and oxygen atoms in total. The fourth-order valence-corrected chi connectivity index (χ4v) is 4.20. The number of aliphatic imine (C=N–C) groups is 1. The first-order valence-corrected chi connectivity index (χ1v) is 13.0. The lowest BCUT2D eigenvalue weighted by Crippen LogP contribution is -2.36. The van der Waals surface area contributed by atoms with Gasteiger partial charge in [-0.2, -0.15) is 5.26 Å². The maximum atomic E-state index is 11.3. The van der Waals surface area contributed by atoms with Crippen LogP contribution in [0.2, 0.25) is 0 Å². The van der Waals surface area contributed by atoms with Gasteiger partial charge in [0, 0.05) is 49.3 Å². The van der Waals surface area contributed by atoms with Gasteiger partial charge >= 0.3 is 0 Å². The van der Waals surface area contributed by atoms with Crippen LogP contribution in [0.3, 0.4) is 0 Å². The van der Waals surface area contributed by atoms with Gasteiger partial charge in [0.15, 0.2) is 6.19 Å². The topological polar surface area (TPSA) is 177 Å². The second-order valence-corrected chi connectivity index (χ2v) is 9.01. The first kappa shape index (κ1) is 29.0. The predicted octanol–water partition coefficient (Wildman–Crippen LogP) is 4.81. The van der Waals surface area contributed by atoms with Gasteiger partial charge in [0.2, 0.25) is 5.96 Å². The van der Waals surface area contributed by atoms with Crippen LogP contribution >= 0.6 is 0 Å². The second-order valence-electron chi connectivity index (χ2n) is 9.01. The molecule has 0 aromatic heterocycles. The Kier molecular flexibility index (Phi) is 12.2. The maximum absolute atomic E-state index is 11.3. The molecule has 0 spiro atoms. The first-order chi connectivity index (χ1) is 19.1. The number of nitrogens with one attached hydrogen (secondary N) is 3. The molecule has 2 aromatic rings. The summed E-state index contributed by atoms with van der Waals surface area (Å²) < 4.78 is 5.91. The van der Waals surface area contributed by atoms with E-state index >= 15 is 0 Å². The highest BCUT2D eigenvalue weighted by Gasteiger charge is 2.14. The van der Waals surface area contributed by atoms with Gasteiger partial charge < -0.3 is 15.4 Å². The Morgan fingerprint density at radius 2 is 2.03 bits per heavy atom. The number of ether oxygens (including phenoxy) is 1. The molecular weight excluding hydrogens is 500 g/mol. The van der Waals surface area contributed by atoms with E-state index in [-0.39, 0.29) is 11.4 Å². The number of rotatable bonds is 14. The molecule has 3 N–H and O–H groups in total. The fourth-order valence-electron chi connectivity index (χ4n) is 4.20. The number of likely N-dealkylation sites (tertiary alicyclic amines) is 1. The van der Waals surface area contributed by atoms with E-state index in [1.807, 2.05) is 18.3 Å². The third kappa shape index (κ3) is 10.4. The van der Waals surface area contributed by atoms with Crippen molar-refractivity contribution in [1.29, 1.82) is 5.26 Å². The van der Waals surface area contributed by atoms with Crippen LogP contribution in [-0.2, 0) is 6.54 Å². The molecule has 0 bridgehead atoms. The van der Waals surface area contributed by atoms with Gasteiger partial charge in [-0.3, -0.25) is 25.3 Å². The lowest BCUT2D eigenvalue weighted by atomic mass is 10.1. The quantitative estimate of drug-likeness (QED) is 0.0295. The summed E-state index contributed by atoms with van der Waals surface area (Å²) in [6.07, 6.45) is 7.03. The molecule has 0 unspecified atom stereocenters. The van der Waals surface area contributed by atoms with Crippen molar-refractivity contribution in [3.05, 3.63) is 68.6 Å². The van der Waals surface area contributed by atoms with Crippen molar-refractivity contribution in [2.75, 3.05) is 44.6 Å². The van der Waals surface area contributed by atoms with Crippen molar-refractivity contribution >= 4 is 23.0 Å². The van der Waals surface area contributed by atoms with Gasteiger partial charge in [0.05, 0.1) is 11.5 Å². The highest BCUT2D eigenvalue weighted by Crippen LogP contribution is 2.29. The zero-order chi connectivity index (χ0) is 27.7. The molecule has 1 saturated heterocycles. The Morgan fingerprint density at radius 3 is 2.79 bits per heavy atom. The zero-order valence-corrected chi connectivity index (χ0v) is 21.9. The summed E-state index contributed by atoms with van der Waals surface area (Å²) in [5, 5.41) is 32.3. The Labute approximate surface area is 227 Å². The Morgan fingerprint density at radius 1 is 1.18 bits per heavy atom. The highest BCUT2D eigenvalue weighted by molar-refractivity contribution is 5.81. The summed E-state index contributed by atoms with van der Waals surface area (Å²) in [5.41, 5.74) is 10.1. The number of hydrogen-bond donors (Lipinski definition) is 3. The van der Waals surface area contributed by atoms with Gasteiger partial charge in [-0.25, -0.2) is 0 Å². The number of nitro benzene ring substituents is 1. The fraction of sp³-hybridized carbons (Fsp3) is 0.462. The van der Waals surface area contributed by atoms with Gasteiger partial charge in [0.1, 0.15) is 11.4 Å². The maximum Gasteiger partial charge on any atom is 0.292 e. The number of anilines is 1. The largest absolute Gasteiger partial charge is 0.494 e. The van der Waals surface area contributed by atoms with Crippen LogP contribution in [0.1, 0.15) is 37.7 Å². The summed E-state index contributed by atoms with van der Waals surface area (Å²) in [5.74, 6) is 1.22. The van der Waals surface area contributed by atoms with E-state index in [0.29, 0.717) is 50.7 Å². The Balaban J connectivity index is 1.36. The molecule has 0 atom stereocenters. The summed E-state index contributed by atoms with van der Waals surface area (Å²) in [4.78, 5) is 20.3. The van der Waals surface area contributed by atoms with Crippen LogP contribution in [0.4, 0.5) is 17.1 Å². The number of hydrogen-bond acceptors (Lipinski definition) is 8. The molecule has 39 heavy (non-hydrogen) atoms. The van der Waals surface area contributed by atoms with Gasteiger partial charge in [0.25, 0.3) is 5.69 Å². The van der Waals surface area contributed by atoms with Crippen LogP contribution in [-0.4, -0.2) is 55.1 Å². The molecule has 0 radical (unpaired) electrons. The number of piperidine rings is 1. The van der Waals surface area contributed by atoms with E-state index in [0.717, 1.165) is 25.4 Å². The van der Waals surface area contributed by atoms with Crippen molar-refractivity contribution in [1.82, 2.24) is 15.5 Å². The average molecular weight is 535 g/mol. The number of nitrogens with zero attached hydrogens (tertiary/aromatic N) is 7. The van der Waals surface area contributed by atoms with Gasteiger partial charge in [-0.15, -0.1) is 0 Å². The van der Waals surface area contributed by atoms with Crippen molar-refractivity contribution < 1.29 is 9.66 Å². The molecule has 2 aromatic carbocycles. The highest BCUT2D eigenvalue weighted by atomic mass is 16.6. The van der Waals surface area contributed by atoms with Crippen LogP contribution < -0.4 is 20.7 Å². The zero-order valence-electron chi connectivity index (χ0n) is 21.9. The summed E-state index contributed by atoms with van der Waals surface area (Å²) in [6, 6.07) is 12.5. The van der Waals surface area contributed by atoms with Crippen LogP contribution in [0, 0.1) is 21.6 Å². The van der Waals surface area contributed by atoms with Crippen LogP contribution in [0.25, 0.3) is 10.4 Å². The van der Waals surface area contributed by atoms with E-state index < -0.39 is 4.92 Å². The first-order valence-electron chi connectivity index (χ1n) is 13.0. The minimum absolute atomic E-state index is 0.169. The molecule has 1 heterocycles. The summed E-state index contributed by atoms with van der Waals surface area (Å²) in [6.45, 7) is 5.19. The number of nitro groups is 1. The number of nitriles is 1. The third-order valence-corrected chi connectivity index (χ3v) is 6.07. The van der Waals surface area contributed by atoms with E-state index in [1.165, 1.54) is 43.0 Å². The average Bonchev–Trinajstić information content (AvgIpc) is 2.94. The monoisotopic (exact) mass is 534 g/mol. The van der Waals surface area contributed by atoms with E-state index in [9.17, 15) is 10.1 Å². The molecule has 1 aliphatic rings. The number of benzene rings is 2. The van der Waals surface area contributed by atoms with Gasteiger partial charge in [-0.05, 0) is 61.6 Å². The van der Waals surface area contributed by atoms with E-state index in [4.69, 9.17) is 15.5 Å². The molecule has 1 fully saturated rings. The molecular formula is C26H34N10O3. The number of guanidine groups is 1. The molecule has 1 aliphatic heterocycles. The van der Waals surface area contributed by atoms with Crippen molar-refractivity contribution in [3.8, 4) is 11.9 Å². The van der Waals surface area contributed by atoms with Crippen molar-refractivity contribution in [2.24, 2.45) is 10.1 Å². The molecule has 0 aliphatic carbocycles. The summed E-state index contributed by atoms with van der Waals surface area (Å²) in [7, 11) is 0. The SMILES string of the molecule is N#CNC(=NCCCOc1cccc(CN2CCCCC2)c1)NCCCNc1ccc(N=[N+]=[N-])cc1[N+](=O)[O-]. The van der Waals surface area contributed by atoms with E-state index in [1.54, 1.807) is 0 Å². The molecule has 3 rings (SSSR count). The number of azide groups is 1. The Hall–Kier alpha value is -4.53. The van der Waals surface area contributed by atoms with Crippen molar-refractivity contribution in [2.45, 2.75) is 38.6 Å². The van der Waals surface area contributed by atoms with Crippen molar-refractivity contribution in [3.63, 3.8) is 0 Å².